The molecule has 4 N–H and O–H groups in total. The normalized spacial score (nSPS) is 14.7. The number of nitrogens with zero attached hydrogens (tertiary/aromatic N) is 1. The number of benzene rings is 2. The Labute approximate surface area is 224 Å². The van der Waals surface area contributed by atoms with Crippen LogP contribution in [-0.4, -0.2) is 52.6 Å². The predicted molar refractivity (Wildman–Crippen MR) is 140 cm³/mol. The molecule has 0 saturated carbocycles. The Bertz CT molecular complexity index is 1300. The molecule has 2 atom stereocenters. The standard InChI is InChI=1S/C27H29N5O7/c1-2-37-25(35)20(31-27(36)38-16-17-6-4-3-5-7-17)15-18-8-9-21-19(14-18)30-24(34)22(39-21)10-11-23(33)32-26-28-12-13-29-26/h3-9,12-14,20,22H,2,10-11,15-16H2,1H3,(H,30,34)(H,31,36)(H2,28,29,32,33)/t20-,22+/m0/s1. The number of nitrogens with one attached hydrogen (secondary N) is 4. The molecule has 39 heavy (non-hydrogen) atoms. The molecule has 0 fully saturated rings. The van der Waals surface area contributed by atoms with Gasteiger partial charge in [-0.05, 0) is 30.2 Å². The van der Waals surface area contributed by atoms with Gasteiger partial charge in [0.15, 0.2) is 6.10 Å². The van der Waals surface area contributed by atoms with Gasteiger partial charge in [-0.3, -0.25) is 14.9 Å². The monoisotopic (exact) mass is 535 g/mol. The molecule has 1 aromatic heterocycles. The fraction of sp³-hybridized carbons (Fsp3) is 0.296. The van der Waals surface area contributed by atoms with Crippen LogP contribution in [0, 0.1) is 0 Å². The van der Waals surface area contributed by atoms with Crippen molar-refractivity contribution < 1.29 is 33.4 Å². The summed E-state index contributed by atoms with van der Waals surface area (Å²) >= 11 is 0. The highest BCUT2D eigenvalue weighted by molar-refractivity contribution is 5.98. The number of hydrogen-bond acceptors (Lipinski definition) is 8. The molecule has 1 aliphatic heterocycles. The zero-order valence-electron chi connectivity index (χ0n) is 21.3. The van der Waals surface area contributed by atoms with Gasteiger partial charge < -0.3 is 29.8 Å². The molecule has 0 bridgehead atoms. The smallest absolute Gasteiger partial charge is 0.408 e. The molecule has 4 rings (SSSR count). The summed E-state index contributed by atoms with van der Waals surface area (Å²) in [6.45, 7) is 1.87. The van der Waals surface area contributed by atoms with Gasteiger partial charge in [0.05, 0.1) is 12.3 Å². The molecule has 12 nitrogen and oxygen atoms in total. The topological polar surface area (TPSA) is 161 Å². The molecule has 0 aliphatic carbocycles. The number of aromatic amines is 1. The molecular weight excluding hydrogens is 506 g/mol. The fourth-order valence-electron chi connectivity index (χ4n) is 3.88. The highest BCUT2D eigenvalue weighted by Crippen LogP contribution is 2.32. The second-order valence-corrected chi connectivity index (χ2v) is 8.67. The van der Waals surface area contributed by atoms with E-state index in [1.807, 2.05) is 30.3 Å². The van der Waals surface area contributed by atoms with Crippen molar-refractivity contribution in [2.75, 3.05) is 17.2 Å². The van der Waals surface area contributed by atoms with Crippen molar-refractivity contribution in [3.8, 4) is 5.75 Å². The minimum Gasteiger partial charge on any atom is -0.478 e. The maximum atomic E-state index is 12.6. The van der Waals surface area contributed by atoms with Crippen LogP contribution in [0.4, 0.5) is 16.4 Å². The highest BCUT2D eigenvalue weighted by atomic mass is 16.6. The number of hydrogen-bond donors (Lipinski definition) is 4. The van der Waals surface area contributed by atoms with E-state index >= 15 is 0 Å². The van der Waals surface area contributed by atoms with Crippen molar-refractivity contribution in [1.82, 2.24) is 15.3 Å². The largest absolute Gasteiger partial charge is 0.478 e. The van der Waals surface area contributed by atoms with E-state index in [1.165, 1.54) is 6.20 Å². The Morgan fingerprint density at radius 1 is 1.10 bits per heavy atom. The molecule has 3 aromatic rings. The number of ether oxygens (including phenoxy) is 3. The summed E-state index contributed by atoms with van der Waals surface area (Å²) in [6, 6.07) is 13.2. The Morgan fingerprint density at radius 3 is 2.67 bits per heavy atom. The summed E-state index contributed by atoms with van der Waals surface area (Å²) in [6.07, 6.45) is 1.81. The first-order valence-electron chi connectivity index (χ1n) is 12.4. The van der Waals surface area contributed by atoms with E-state index in [1.54, 1.807) is 31.3 Å². The van der Waals surface area contributed by atoms with Crippen LogP contribution in [0.5, 0.6) is 5.75 Å². The second kappa shape index (κ2) is 13.1. The fourth-order valence-corrected chi connectivity index (χ4v) is 3.88. The Hall–Kier alpha value is -4.87. The van der Waals surface area contributed by atoms with Crippen molar-refractivity contribution in [3.05, 3.63) is 72.1 Å². The van der Waals surface area contributed by atoms with E-state index in [4.69, 9.17) is 14.2 Å². The second-order valence-electron chi connectivity index (χ2n) is 8.67. The zero-order chi connectivity index (χ0) is 27.6. The molecule has 3 amide bonds. The number of H-pyrrole nitrogens is 1. The van der Waals surface area contributed by atoms with E-state index < -0.39 is 30.1 Å². The summed E-state index contributed by atoms with van der Waals surface area (Å²) in [7, 11) is 0. The third kappa shape index (κ3) is 7.81. The maximum Gasteiger partial charge on any atom is 0.408 e. The minimum atomic E-state index is -1.01. The van der Waals surface area contributed by atoms with Crippen molar-refractivity contribution in [2.45, 2.75) is 44.9 Å². The van der Waals surface area contributed by atoms with Crippen LogP contribution in [0.25, 0.3) is 0 Å². The van der Waals surface area contributed by atoms with Crippen LogP contribution >= 0.6 is 0 Å². The summed E-state index contributed by atoms with van der Waals surface area (Å²) in [4.78, 5) is 56.3. The van der Waals surface area contributed by atoms with E-state index in [2.05, 4.69) is 25.9 Å². The number of alkyl carbamates (subject to hydrolysis) is 1. The van der Waals surface area contributed by atoms with Crippen LogP contribution < -0.4 is 20.7 Å². The molecule has 0 saturated heterocycles. The van der Waals surface area contributed by atoms with Crippen molar-refractivity contribution in [2.24, 2.45) is 0 Å². The van der Waals surface area contributed by atoms with Crippen LogP contribution in [0.2, 0.25) is 0 Å². The van der Waals surface area contributed by atoms with Gasteiger partial charge in [-0.15, -0.1) is 0 Å². The first-order valence-corrected chi connectivity index (χ1v) is 12.4. The third-order valence-electron chi connectivity index (χ3n) is 5.77. The van der Waals surface area contributed by atoms with Gasteiger partial charge in [0.1, 0.15) is 18.4 Å². The number of imidazole rings is 1. The predicted octanol–water partition coefficient (Wildman–Crippen LogP) is 2.93. The van der Waals surface area contributed by atoms with Crippen LogP contribution in [0.15, 0.2) is 60.9 Å². The lowest BCUT2D eigenvalue weighted by Gasteiger charge is -2.26. The quantitative estimate of drug-likeness (QED) is 0.273. The number of carbonyl (C=O) groups excluding carboxylic acids is 4. The number of rotatable bonds is 11. The van der Waals surface area contributed by atoms with E-state index in [-0.39, 0.29) is 38.4 Å². The highest BCUT2D eigenvalue weighted by Gasteiger charge is 2.29. The van der Waals surface area contributed by atoms with Gasteiger partial charge in [-0.2, -0.15) is 0 Å². The number of fused-ring (bicyclic) bond motifs is 1. The van der Waals surface area contributed by atoms with Crippen LogP contribution in [0.3, 0.4) is 0 Å². The average molecular weight is 536 g/mol. The molecule has 0 spiro atoms. The average Bonchev–Trinajstić information content (AvgIpc) is 3.44. The Kier molecular flexibility index (Phi) is 9.11. The van der Waals surface area contributed by atoms with Gasteiger partial charge in [0, 0.05) is 31.7 Å². The maximum absolute atomic E-state index is 12.6. The third-order valence-corrected chi connectivity index (χ3v) is 5.77. The molecule has 0 radical (unpaired) electrons. The van der Waals surface area contributed by atoms with E-state index in [0.717, 1.165) is 5.56 Å². The first-order chi connectivity index (χ1) is 18.9. The Balaban J connectivity index is 1.34. The van der Waals surface area contributed by atoms with Gasteiger partial charge in [0.25, 0.3) is 5.91 Å². The summed E-state index contributed by atoms with van der Waals surface area (Å²) in [5, 5.41) is 7.94. The van der Waals surface area contributed by atoms with Crippen LogP contribution in [0.1, 0.15) is 30.9 Å². The van der Waals surface area contributed by atoms with Gasteiger partial charge in [-0.25, -0.2) is 14.6 Å². The van der Waals surface area contributed by atoms with E-state index in [0.29, 0.717) is 22.9 Å². The minimum absolute atomic E-state index is 0.0517. The van der Waals surface area contributed by atoms with E-state index in [9.17, 15) is 19.2 Å². The first kappa shape index (κ1) is 27.2. The lowest BCUT2D eigenvalue weighted by Crippen LogP contribution is -2.43. The molecule has 0 unspecified atom stereocenters. The summed E-state index contributed by atoms with van der Waals surface area (Å²) in [5.74, 6) is -0.554. The zero-order valence-corrected chi connectivity index (χ0v) is 21.3. The van der Waals surface area contributed by atoms with Gasteiger partial charge in [-0.1, -0.05) is 36.4 Å². The summed E-state index contributed by atoms with van der Waals surface area (Å²) < 4.78 is 16.2. The summed E-state index contributed by atoms with van der Waals surface area (Å²) in [5.41, 5.74) is 1.88. The molecule has 12 heteroatoms. The number of carbonyl (C=O) groups is 4. The van der Waals surface area contributed by atoms with Crippen LogP contribution in [-0.2, 0) is 36.9 Å². The number of anilines is 2. The molecule has 1 aliphatic rings. The molecular formula is C27H29N5O7. The molecule has 2 aromatic carbocycles. The lowest BCUT2D eigenvalue weighted by atomic mass is 10.0. The lowest BCUT2D eigenvalue weighted by molar-refractivity contribution is -0.145. The molecule has 2 heterocycles. The SMILES string of the molecule is CCOC(=O)[C@H](Cc1ccc2c(c1)NC(=O)[C@@H](CCC(=O)Nc1ncc[nH]1)O2)NC(=O)OCc1ccccc1. The number of aromatic nitrogens is 2. The van der Waals surface area contributed by atoms with Gasteiger partial charge >= 0.3 is 12.1 Å². The van der Waals surface area contributed by atoms with Crippen molar-refractivity contribution >= 4 is 35.5 Å². The molecule has 204 valence electrons. The van der Waals surface area contributed by atoms with Crippen molar-refractivity contribution in [3.63, 3.8) is 0 Å². The number of esters is 1. The number of amides is 3. The Morgan fingerprint density at radius 2 is 1.92 bits per heavy atom. The van der Waals surface area contributed by atoms with Crippen molar-refractivity contribution in [1.29, 1.82) is 0 Å². The van der Waals surface area contributed by atoms with Gasteiger partial charge in [0.2, 0.25) is 11.9 Å².